The second kappa shape index (κ2) is 11.6. The number of carbonyl (C=O) groups is 4. The summed E-state index contributed by atoms with van der Waals surface area (Å²) in [7, 11) is 0. The van der Waals surface area contributed by atoms with Crippen LogP contribution in [0.5, 0.6) is 0 Å². The first-order chi connectivity index (χ1) is 19.7. The highest BCUT2D eigenvalue weighted by Gasteiger charge is 2.57. The summed E-state index contributed by atoms with van der Waals surface area (Å²) in [6.07, 6.45) is 0.568. The number of likely N-dealkylation sites (tertiary alicyclic amines) is 1. The number of carboxylic acid groups (broad SMARTS) is 1. The van der Waals surface area contributed by atoms with Crippen molar-refractivity contribution >= 4 is 63.5 Å². The maximum atomic E-state index is 13.1. The van der Waals surface area contributed by atoms with E-state index in [0.29, 0.717) is 54.9 Å². The van der Waals surface area contributed by atoms with Crippen LogP contribution in [0, 0.1) is 18.8 Å². The lowest BCUT2D eigenvalue weighted by Gasteiger charge is -2.32. The number of anilines is 1. The normalized spacial score (nSPS) is 22.1. The van der Waals surface area contributed by atoms with Gasteiger partial charge in [-0.15, -0.1) is 0 Å². The van der Waals surface area contributed by atoms with Crippen molar-refractivity contribution in [2.45, 2.75) is 64.6 Å². The Morgan fingerprint density at radius 3 is 2.29 bits per heavy atom. The standard InChI is InChI=1S/C27H34Cl2N6O6S/c1-12-18(28)19(29)21(30-12)23(37)33-20-14-10-35(11-15(14)20)25-32-16(22(42-25)24(38)39)9-17(36)34-7-5-13(6-8-34)31-26(40)41-27(2,3)4/h13-15,20,30H,5-11H2,1-4H3,(H,31,40)(H,33,37)(H,38,39)/t14-,15+,20+. The Morgan fingerprint density at radius 2 is 1.74 bits per heavy atom. The summed E-state index contributed by atoms with van der Waals surface area (Å²) in [6, 6.07) is -0.110. The van der Waals surface area contributed by atoms with Crippen molar-refractivity contribution in [3.8, 4) is 0 Å². The first-order valence-corrected chi connectivity index (χ1v) is 15.4. The van der Waals surface area contributed by atoms with Gasteiger partial charge in [0.25, 0.3) is 5.91 Å². The zero-order chi connectivity index (χ0) is 30.5. The number of thiazole rings is 1. The summed E-state index contributed by atoms with van der Waals surface area (Å²) in [5, 5.41) is 16.8. The number of hydrogen-bond donors (Lipinski definition) is 4. The van der Waals surface area contributed by atoms with Gasteiger partial charge in [0.1, 0.15) is 16.2 Å². The molecule has 3 amide bonds. The Balaban J connectivity index is 1.13. The molecule has 12 nitrogen and oxygen atoms in total. The minimum absolute atomic E-state index is 0.0140. The summed E-state index contributed by atoms with van der Waals surface area (Å²) in [5.74, 6) is -1.22. The molecule has 4 N–H and O–H groups in total. The molecule has 2 aliphatic heterocycles. The van der Waals surface area contributed by atoms with Crippen molar-refractivity contribution in [2.24, 2.45) is 11.8 Å². The molecule has 0 spiro atoms. The number of aryl methyl sites for hydroxylation is 1. The molecule has 2 aromatic rings. The summed E-state index contributed by atoms with van der Waals surface area (Å²) in [5.41, 5.74) is 0.528. The molecule has 228 valence electrons. The van der Waals surface area contributed by atoms with Crippen LogP contribution in [0.1, 0.15) is 65.2 Å². The van der Waals surface area contributed by atoms with Crippen LogP contribution in [0.25, 0.3) is 0 Å². The van der Waals surface area contributed by atoms with Gasteiger partial charge in [-0.3, -0.25) is 9.59 Å². The Labute approximate surface area is 257 Å². The van der Waals surface area contributed by atoms with Crippen LogP contribution in [0.4, 0.5) is 9.93 Å². The molecule has 2 saturated heterocycles. The smallest absolute Gasteiger partial charge is 0.407 e. The van der Waals surface area contributed by atoms with E-state index in [9.17, 15) is 24.3 Å². The van der Waals surface area contributed by atoms with Crippen LogP contribution in [0.15, 0.2) is 0 Å². The fourth-order valence-corrected chi connectivity index (χ4v) is 6.97. The number of ether oxygens (including phenoxy) is 1. The Morgan fingerprint density at radius 1 is 1.10 bits per heavy atom. The van der Waals surface area contributed by atoms with Gasteiger partial charge in [-0.05, 0) is 40.5 Å². The highest BCUT2D eigenvalue weighted by atomic mass is 35.5. The van der Waals surface area contributed by atoms with Gasteiger partial charge in [0, 0.05) is 55.8 Å². The number of aromatic amines is 1. The van der Waals surface area contributed by atoms with E-state index in [-0.39, 0.29) is 63.4 Å². The van der Waals surface area contributed by atoms with Gasteiger partial charge in [-0.2, -0.15) is 0 Å². The largest absolute Gasteiger partial charge is 0.477 e. The average molecular weight is 642 g/mol. The number of nitrogens with zero attached hydrogens (tertiary/aromatic N) is 3. The number of piperidine rings is 2. The maximum Gasteiger partial charge on any atom is 0.407 e. The SMILES string of the molecule is Cc1[nH]c(C(=O)N[C@H]2[C@@H]3CN(c4nc(CC(=O)N5CCC(NC(=O)OC(C)(C)C)CC5)c(C(=O)O)s4)C[C@@H]32)c(Cl)c1Cl. The van der Waals surface area contributed by atoms with E-state index in [4.69, 9.17) is 27.9 Å². The number of carbonyl (C=O) groups excluding carboxylic acids is 3. The number of halogens is 2. The fraction of sp³-hybridized carbons (Fsp3) is 0.593. The number of aromatic carboxylic acids is 1. The van der Waals surface area contributed by atoms with Gasteiger partial charge in [-0.1, -0.05) is 34.5 Å². The molecular weight excluding hydrogens is 607 g/mol. The molecule has 3 fully saturated rings. The first-order valence-electron chi connectivity index (χ1n) is 13.8. The summed E-state index contributed by atoms with van der Waals surface area (Å²) in [4.78, 5) is 61.1. The van der Waals surface area contributed by atoms with Crippen LogP contribution in [-0.4, -0.2) is 87.7 Å². The predicted molar refractivity (Wildman–Crippen MR) is 158 cm³/mol. The lowest BCUT2D eigenvalue weighted by Crippen LogP contribution is -2.48. The predicted octanol–water partition coefficient (Wildman–Crippen LogP) is 3.71. The van der Waals surface area contributed by atoms with E-state index in [2.05, 4.69) is 20.6 Å². The Kier molecular flexibility index (Phi) is 8.38. The number of nitrogens with one attached hydrogen (secondary N) is 3. The van der Waals surface area contributed by atoms with E-state index in [1.165, 1.54) is 0 Å². The number of hydrogen-bond acceptors (Lipinski definition) is 8. The van der Waals surface area contributed by atoms with E-state index >= 15 is 0 Å². The highest BCUT2D eigenvalue weighted by molar-refractivity contribution is 7.17. The van der Waals surface area contributed by atoms with Crippen molar-refractivity contribution in [3.05, 3.63) is 32.0 Å². The molecule has 1 aliphatic carbocycles. The van der Waals surface area contributed by atoms with E-state index in [1.54, 1.807) is 32.6 Å². The Bertz CT molecular complexity index is 1400. The first kappa shape index (κ1) is 30.4. The lowest BCUT2D eigenvalue weighted by molar-refractivity contribution is -0.131. The molecule has 5 rings (SSSR count). The zero-order valence-corrected chi connectivity index (χ0v) is 26.1. The Hall–Kier alpha value is -3.03. The topological polar surface area (TPSA) is 157 Å². The number of fused-ring (bicyclic) bond motifs is 1. The average Bonchev–Trinajstić information content (AvgIpc) is 3.25. The minimum Gasteiger partial charge on any atom is -0.477 e. The quantitative estimate of drug-likeness (QED) is 0.357. The van der Waals surface area contributed by atoms with Crippen LogP contribution in [0.2, 0.25) is 10.0 Å². The van der Waals surface area contributed by atoms with Gasteiger partial charge in [-0.25, -0.2) is 14.6 Å². The van der Waals surface area contributed by atoms with E-state index in [0.717, 1.165) is 11.3 Å². The number of rotatable bonds is 7. The number of H-pyrrole nitrogens is 1. The number of aromatic nitrogens is 2. The number of alkyl carbamates (subject to hydrolysis) is 1. The van der Waals surface area contributed by atoms with Crippen molar-refractivity contribution in [3.63, 3.8) is 0 Å². The summed E-state index contributed by atoms with van der Waals surface area (Å²) < 4.78 is 5.31. The molecule has 1 saturated carbocycles. The third kappa shape index (κ3) is 6.47. The van der Waals surface area contributed by atoms with Crippen molar-refractivity contribution in [2.75, 3.05) is 31.1 Å². The maximum absolute atomic E-state index is 13.1. The minimum atomic E-state index is -1.12. The molecule has 0 unspecified atom stereocenters. The van der Waals surface area contributed by atoms with Crippen molar-refractivity contribution in [1.29, 1.82) is 0 Å². The number of carboxylic acids is 1. The molecule has 42 heavy (non-hydrogen) atoms. The van der Waals surface area contributed by atoms with Gasteiger partial charge < -0.3 is 35.3 Å². The summed E-state index contributed by atoms with van der Waals surface area (Å²) in [6.45, 7) is 9.26. The molecule has 2 aromatic heterocycles. The highest BCUT2D eigenvalue weighted by Crippen LogP contribution is 2.48. The van der Waals surface area contributed by atoms with Gasteiger partial charge in [0.2, 0.25) is 5.91 Å². The van der Waals surface area contributed by atoms with Gasteiger partial charge in [0.05, 0.1) is 22.2 Å². The second-order valence-electron chi connectivity index (χ2n) is 12.0. The molecule has 0 radical (unpaired) electrons. The zero-order valence-electron chi connectivity index (χ0n) is 23.8. The van der Waals surface area contributed by atoms with Crippen molar-refractivity contribution in [1.82, 2.24) is 25.5 Å². The number of amides is 3. The molecule has 15 heteroatoms. The molecular formula is C27H34Cl2N6O6S. The van der Waals surface area contributed by atoms with E-state index < -0.39 is 17.7 Å². The van der Waals surface area contributed by atoms with Gasteiger partial charge in [0.15, 0.2) is 5.13 Å². The second-order valence-corrected chi connectivity index (χ2v) is 13.8. The monoisotopic (exact) mass is 640 g/mol. The molecule has 3 aliphatic rings. The van der Waals surface area contributed by atoms with Crippen LogP contribution in [0.3, 0.4) is 0 Å². The third-order valence-electron chi connectivity index (χ3n) is 7.81. The summed E-state index contributed by atoms with van der Waals surface area (Å²) >= 11 is 13.3. The van der Waals surface area contributed by atoms with Gasteiger partial charge >= 0.3 is 12.1 Å². The molecule has 0 aromatic carbocycles. The lowest BCUT2D eigenvalue weighted by atomic mass is 10.0. The molecule has 4 heterocycles. The van der Waals surface area contributed by atoms with E-state index in [1.807, 2.05) is 4.90 Å². The molecule has 0 bridgehead atoms. The van der Waals surface area contributed by atoms with Crippen LogP contribution in [-0.2, 0) is 16.0 Å². The van der Waals surface area contributed by atoms with Crippen LogP contribution < -0.4 is 15.5 Å². The third-order valence-corrected chi connectivity index (χ3v) is 9.90. The fourth-order valence-electron chi connectivity index (χ4n) is 5.61. The van der Waals surface area contributed by atoms with Crippen molar-refractivity contribution < 1.29 is 29.0 Å². The van der Waals surface area contributed by atoms with Crippen LogP contribution >= 0.6 is 34.5 Å². The molecule has 3 atom stereocenters.